The minimum absolute atomic E-state index is 0.0226. The number of carbonyl (C=O) groups excluding carboxylic acids is 2. The fourth-order valence-corrected chi connectivity index (χ4v) is 5.43. The molecule has 0 aliphatic heterocycles. The molecule has 2 amide bonds. The van der Waals surface area contributed by atoms with Gasteiger partial charge >= 0.3 is 0 Å². The van der Waals surface area contributed by atoms with Crippen molar-refractivity contribution in [2.45, 2.75) is 65.1 Å². The molecule has 0 bridgehead atoms. The molecule has 2 rings (SSSR count). The Morgan fingerprint density at radius 2 is 1.57 bits per heavy atom. The first-order valence-electron chi connectivity index (χ1n) is 12.1. The molecule has 2 atom stereocenters. The van der Waals surface area contributed by atoms with Crippen LogP contribution in [0.1, 0.15) is 52.0 Å². The van der Waals surface area contributed by atoms with E-state index in [0.29, 0.717) is 32.7 Å². The summed E-state index contributed by atoms with van der Waals surface area (Å²) < 4.78 is 26.1. The number of sulfonamides is 1. The van der Waals surface area contributed by atoms with E-state index in [4.69, 9.17) is 34.8 Å². The molecular weight excluding hydrogens is 557 g/mol. The van der Waals surface area contributed by atoms with E-state index in [1.165, 1.54) is 9.21 Å². The molecule has 2 aromatic rings. The summed E-state index contributed by atoms with van der Waals surface area (Å²) in [6.45, 7) is 5.84. The number of amides is 2. The Hall–Kier alpha value is -2.00. The van der Waals surface area contributed by atoms with Crippen LogP contribution in [0.4, 0.5) is 5.69 Å². The van der Waals surface area contributed by atoms with Crippen LogP contribution in [0.25, 0.3) is 0 Å². The molecular formula is C26H34Cl3N3O4S. The Kier molecular flexibility index (Phi) is 12.0. The lowest BCUT2D eigenvalue weighted by atomic mass is 10.1. The predicted molar refractivity (Wildman–Crippen MR) is 152 cm³/mol. The summed E-state index contributed by atoms with van der Waals surface area (Å²) in [7, 11) is -3.59. The van der Waals surface area contributed by atoms with Gasteiger partial charge in [0.25, 0.3) is 0 Å². The highest BCUT2D eigenvalue weighted by molar-refractivity contribution is 7.92. The normalized spacial score (nSPS) is 13.1. The average Bonchev–Trinajstić information content (AvgIpc) is 2.83. The molecule has 0 radical (unpaired) electrons. The minimum Gasteiger partial charge on any atom is -0.352 e. The molecule has 0 saturated carbocycles. The van der Waals surface area contributed by atoms with Gasteiger partial charge in [-0.1, -0.05) is 54.7 Å². The smallest absolute Gasteiger partial charge is 0.243 e. The molecule has 0 unspecified atom stereocenters. The fraction of sp³-hybridized carbons (Fsp3) is 0.462. The highest BCUT2D eigenvalue weighted by atomic mass is 35.5. The Bertz CT molecular complexity index is 1160. The van der Waals surface area contributed by atoms with Crippen LogP contribution in [0.5, 0.6) is 0 Å². The maximum atomic E-state index is 13.5. The van der Waals surface area contributed by atoms with Crippen LogP contribution in [-0.2, 0) is 26.2 Å². The van der Waals surface area contributed by atoms with Crippen molar-refractivity contribution < 1.29 is 18.0 Å². The predicted octanol–water partition coefficient (Wildman–Crippen LogP) is 5.92. The number of benzene rings is 2. The van der Waals surface area contributed by atoms with Crippen LogP contribution in [-0.4, -0.2) is 50.0 Å². The maximum Gasteiger partial charge on any atom is 0.243 e. The molecule has 0 aliphatic carbocycles. The number of hydrogen-bond donors (Lipinski definition) is 1. The largest absolute Gasteiger partial charge is 0.352 e. The molecule has 0 heterocycles. The maximum absolute atomic E-state index is 13.5. The molecule has 7 nitrogen and oxygen atoms in total. The third kappa shape index (κ3) is 9.06. The van der Waals surface area contributed by atoms with Gasteiger partial charge in [-0.15, -0.1) is 0 Å². The molecule has 0 aliphatic rings. The summed E-state index contributed by atoms with van der Waals surface area (Å²) in [5, 5.41) is 4.24. The van der Waals surface area contributed by atoms with Crippen LogP contribution < -0.4 is 9.62 Å². The monoisotopic (exact) mass is 589 g/mol. The van der Waals surface area contributed by atoms with Gasteiger partial charge in [0.2, 0.25) is 21.8 Å². The van der Waals surface area contributed by atoms with Gasteiger partial charge in [-0.3, -0.25) is 13.9 Å². The summed E-state index contributed by atoms with van der Waals surface area (Å²) >= 11 is 18.7. The number of anilines is 1. The lowest BCUT2D eigenvalue weighted by Crippen LogP contribution is -2.50. The Labute approximate surface area is 235 Å². The van der Waals surface area contributed by atoms with Crippen LogP contribution in [0.15, 0.2) is 42.5 Å². The van der Waals surface area contributed by atoms with Crippen LogP contribution in [0.3, 0.4) is 0 Å². The second kappa shape index (κ2) is 14.2. The summed E-state index contributed by atoms with van der Waals surface area (Å²) in [4.78, 5) is 28.1. The lowest BCUT2D eigenvalue weighted by molar-refractivity contribution is -0.141. The second-order valence-electron chi connectivity index (χ2n) is 8.88. The van der Waals surface area contributed by atoms with Gasteiger partial charge in [0.15, 0.2) is 0 Å². The highest BCUT2D eigenvalue weighted by Gasteiger charge is 2.30. The summed E-state index contributed by atoms with van der Waals surface area (Å²) in [5.41, 5.74) is 1.01. The van der Waals surface area contributed by atoms with Crippen molar-refractivity contribution in [3.05, 3.63) is 63.1 Å². The van der Waals surface area contributed by atoms with Gasteiger partial charge in [0.1, 0.15) is 6.04 Å². The van der Waals surface area contributed by atoms with E-state index >= 15 is 0 Å². The molecule has 204 valence electrons. The minimum atomic E-state index is -3.59. The zero-order valence-electron chi connectivity index (χ0n) is 21.5. The third-order valence-corrected chi connectivity index (χ3v) is 8.20. The Balaban J connectivity index is 2.27. The Morgan fingerprint density at radius 3 is 2.08 bits per heavy atom. The quantitative estimate of drug-likeness (QED) is 0.314. The van der Waals surface area contributed by atoms with E-state index < -0.39 is 16.1 Å². The average molecular weight is 591 g/mol. The standard InChI is InChI=1S/C26H34Cl3N3O4S/c1-5-18(3)30-26(34)24(6-2)31(17-21-22(28)9-7-10-23(21)29)25(33)11-8-16-32(37(4,35)36)20-14-12-19(27)13-15-20/h7,9-10,12-15,18,24H,5-6,8,11,16-17H2,1-4H3,(H,30,34)/t18-,24+/m1/s1. The number of hydrogen-bond acceptors (Lipinski definition) is 4. The molecule has 0 spiro atoms. The second-order valence-corrected chi connectivity index (χ2v) is 12.0. The molecule has 2 aromatic carbocycles. The van der Waals surface area contributed by atoms with Gasteiger partial charge in [-0.25, -0.2) is 8.42 Å². The molecule has 0 saturated heterocycles. The first kappa shape index (κ1) is 31.2. The van der Waals surface area contributed by atoms with Crippen molar-refractivity contribution in [1.29, 1.82) is 0 Å². The number of halogens is 3. The van der Waals surface area contributed by atoms with E-state index in [2.05, 4.69) is 5.32 Å². The van der Waals surface area contributed by atoms with Crippen molar-refractivity contribution in [2.75, 3.05) is 17.1 Å². The van der Waals surface area contributed by atoms with Crippen molar-refractivity contribution in [3.8, 4) is 0 Å². The molecule has 37 heavy (non-hydrogen) atoms. The summed E-state index contributed by atoms with van der Waals surface area (Å²) in [6, 6.07) is 10.7. The number of carbonyl (C=O) groups is 2. The molecule has 0 fully saturated rings. The van der Waals surface area contributed by atoms with E-state index in [1.807, 2.05) is 20.8 Å². The Morgan fingerprint density at radius 1 is 0.973 bits per heavy atom. The van der Waals surface area contributed by atoms with Crippen molar-refractivity contribution in [2.24, 2.45) is 0 Å². The molecule has 1 N–H and O–H groups in total. The van der Waals surface area contributed by atoms with Crippen LogP contribution in [0.2, 0.25) is 15.1 Å². The zero-order valence-corrected chi connectivity index (χ0v) is 24.6. The number of nitrogens with one attached hydrogen (secondary N) is 1. The lowest BCUT2D eigenvalue weighted by Gasteiger charge is -2.32. The SMILES string of the molecule is CC[C@@H](C)NC(=O)[C@H](CC)N(Cc1c(Cl)cccc1Cl)C(=O)CCCN(c1ccc(Cl)cc1)S(C)(=O)=O. The molecule has 11 heteroatoms. The molecule has 0 aromatic heterocycles. The fourth-order valence-electron chi connectivity index (χ4n) is 3.83. The van der Waals surface area contributed by atoms with Crippen LogP contribution >= 0.6 is 34.8 Å². The summed E-state index contributed by atoms with van der Waals surface area (Å²) in [6.07, 6.45) is 2.51. The van der Waals surface area contributed by atoms with Gasteiger partial charge in [-0.2, -0.15) is 0 Å². The third-order valence-electron chi connectivity index (χ3n) is 6.04. The van der Waals surface area contributed by atoms with E-state index in [1.54, 1.807) is 42.5 Å². The van der Waals surface area contributed by atoms with Gasteiger partial charge < -0.3 is 10.2 Å². The highest BCUT2D eigenvalue weighted by Crippen LogP contribution is 2.28. The van der Waals surface area contributed by atoms with E-state index in [9.17, 15) is 18.0 Å². The van der Waals surface area contributed by atoms with E-state index in [0.717, 1.165) is 12.7 Å². The van der Waals surface area contributed by atoms with Crippen LogP contribution in [0, 0.1) is 0 Å². The summed E-state index contributed by atoms with van der Waals surface area (Å²) in [5.74, 6) is -0.556. The zero-order chi connectivity index (χ0) is 27.8. The van der Waals surface area contributed by atoms with E-state index in [-0.39, 0.29) is 43.8 Å². The van der Waals surface area contributed by atoms with Crippen molar-refractivity contribution in [1.82, 2.24) is 10.2 Å². The van der Waals surface area contributed by atoms with Gasteiger partial charge in [-0.05, 0) is 62.6 Å². The first-order valence-corrected chi connectivity index (χ1v) is 15.1. The first-order chi connectivity index (χ1) is 17.4. The topological polar surface area (TPSA) is 86.8 Å². The number of rotatable bonds is 13. The van der Waals surface area contributed by atoms with Gasteiger partial charge in [0.05, 0.1) is 11.9 Å². The number of nitrogens with zero attached hydrogens (tertiary/aromatic N) is 2. The van der Waals surface area contributed by atoms with Gasteiger partial charge in [0, 0.05) is 46.2 Å². The van der Waals surface area contributed by atoms with Crippen molar-refractivity contribution in [3.63, 3.8) is 0 Å². The van der Waals surface area contributed by atoms with Crippen molar-refractivity contribution >= 4 is 62.3 Å².